The molecule has 0 N–H and O–H groups in total. The predicted octanol–water partition coefficient (Wildman–Crippen LogP) is 2.22. The number of carbonyl (C=O) groups is 2. The van der Waals surface area contributed by atoms with Crippen LogP contribution in [0.2, 0.25) is 0 Å². The van der Waals surface area contributed by atoms with Crippen molar-refractivity contribution in [2.45, 2.75) is 20.3 Å². The smallest absolute Gasteiger partial charge is 0.310 e. The van der Waals surface area contributed by atoms with Crippen LogP contribution in [0.15, 0.2) is 17.0 Å². The third-order valence-corrected chi connectivity index (χ3v) is 3.78. The molecule has 1 aromatic rings. The van der Waals surface area contributed by atoms with Gasteiger partial charge in [-0.2, -0.15) is 0 Å². The first-order chi connectivity index (χ1) is 11.1. The molecule has 7 heteroatoms. The predicted molar refractivity (Wildman–Crippen MR) is 90.0 cm³/mol. The van der Waals surface area contributed by atoms with Gasteiger partial charge in [-0.05, 0) is 19.4 Å². The van der Waals surface area contributed by atoms with Gasteiger partial charge in [0, 0.05) is 37.8 Å². The molecule has 1 amide bonds. The fourth-order valence-electron chi connectivity index (χ4n) is 1.97. The first-order valence-corrected chi connectivity index (χ1v) is 8.53. The molecule has 23 heavy (non-hydrogen) atoms. The Hall–Kier alpha value is -1.73. The first kappa shape index (κ1) is 19.3. The molecule has 0 fully saturated rings. The van der Waals surface area contributed by atoms with Crippen molar-refractivity contribution < 1.29 is 19.1 Å². The molecule has 0 unspecified atom stereocenters. The summed E-state index contributed by atoms with van der Waals surface area (Å²) in [5.74, 6) is -0.843. The van der Waals surface area contributed by atoms with Gasteiger partial charge in [-0.1, -0.05) is 6.92 Å². The fraction of sp³-hybridized carbons (Fsp3) is 0.562. The van der Waals surface area contributed by atoms with Crippen LogP contribution in [0.1, 0.15) is 26.0 Å². The molecule has 1 rings (SSSR count). The van der Waals surface area contributed by atoms with Crippen LogP contribution >= 0.6 is 11.3 Å². The second kappa shape index (κ2) is 10.9. The van der Waals surface area contributed by atoms with Crippen molar-refractivity contribution in [1.29, 1.82) is 0 Å². The average Bonchev–Trinajstić information content (AvgIpc) is 3.07. The number of esters is 1. The lowest BCUT2D eigenvalue weighted by Crippen LogP contribution is -2.37. The van der Waals surface area contributed by atoms with Crippen LogP contribution in [-0.2, 0) is 19.1 Å². The Balaban J connectivity index is 2.64. The number of methoxy groups -OCH3 is 1. The van der Waals surface area contributed by atoms with Gasteiger partial charge in [-0.25, -0.2) is 4.98 Å². The van der Waals surface area contributed by atoms with Crippen LogP contribution in [0.5, 0.6) is 0 Å². The van der Waals surface area contributed by atoms with Crippen molar-refractivity contribution in [3.05, 3.63) is 22.7 Å². The molecule has 128 valence electrons. The summed E-state index contributed by atoms with van der Waals surface area (Å²) in [5.41, 5.74) is 2.46. The molecule has 0 saturated heterocycles. The lowest BCUT2D eigenvalue weighted by Gasteiger charge is -2.23. The second-order valence-corrected chi connectivity index (χ2v) is 5.72. The molecule has 1 heterocycles. The maximum atomic E-state index is 12.4. The largest absolute Gasteiger partial charge is 0.469 e. The van der Waals surface area contributed by atoms with E-state index in [0.29, 0.717) is 26.3 Å². The zero-order valence-corrected chi connectivity index (χ0v) is 14.7. The molecule has 1 aromatic heterocycles. The summed E-state index contributed by atoms with van der Waals surface area (Å²) in [5, 5.41) is 1.86. The monoisotopic (exact) mass is 340 g/mol. The van der Waals surface area contributed by atoms with Crippen LogP contribution < -0.4 is 0 Å². The van der Waals surface area contributed by atoms with Gasteiger partial charge in [0.15, 0.2) is 0 Å². The van der Waals surface area contributed by atoms with Gasteiger partial charge in [0.25, 0.3) is 0 Å². The van der Waals surface area contributed by atoms with Crippen LogP contribution in [0, 0.1) is 5.92 Å². The zero-order valence-electron chi connectivity index (χ0n) is 13.9. The topological polar surface area (TPSA) is 68.7 Å². The first-order valence-electron chi connectivity index (χ1n) is 7.59. The standard InChI is InChI=1S/C16H24N2O4S/c1-4-22-9-5-8-18(10-13(2)16(20)21-3)15(19)7-6-14-11-23-12-17-14/h6-7,11-13H,4-5,8-10H2,1-3H3/b7-6+/t13-/m0/s1. The zero-order chi connectivity index (χ0) is 17.1. The summed E-state index contributed by atoms with van der Waals surface area (Å²) in [6.07, 6.45) is 3.88. The van der Waals surface area contributed by atoms with Crippen LogP contribution in [-0.4, -0.2) is 55.2 Å². The minimum atomic E-state index is -0.372. The van der Waals surface area contributed by atoms with Crippen molar-refractivity contribution in [3.8, 4) is 0 Å². The van der Waals surface area contributed by atoms with Crippen molar-refractivity contribution in [2.75, 3.05) is 33.4 Å². The Morgan fingerprint density at radius 3 is 2.87 bits per heavy atom. The van der Waals surface area contributed by atoms with Crippen molar-refractivity contribution in [3.63, 3.8) is 0 Å². The number of hydrogen-bond donors (Lipinski definition) is 0. The van der Waals surface area contributed by atoms with Crippen molar-refractivity contribution in [2.24, 2.45) is 5.92 Å². The number of thiazole rings is 1. The third-order valence-electron chi connectivity index (χ3n) is 3.18. The number of aromatic nitrogens is 1. The Morgan fingerprint density at radius 1 is 1.48 bits per heavy atom. The van der Waals surface area contributed by atoms with Crippen LogP contribution in [0.3, 0.4) is 0 Å². The second-order valence-electron chi connectivity index (χ2n) is 5.01. The minimum absolute atomic E-state index is 0.148. The maximum Gasteiger partial charge on any atom is 0.310 e. The van der Waals surface area contributed by atoms with Crippen molar-refractivity contribution in [1.82, 2.24) is 9.88 Å². The number of nitrogens with zero attached hydrogens (tertiary/aromatic N) is 2. The Bertz CT molecular complexity index is 502. The molecule has 1 atom stereocenters. The number of amides is 1. The molecule has 0 saturated carbocycles. The fourth-order valence-corrected chi connectivity index (χ4v) is 2.49. The molecular formula is C16H24N2O4S. The Labute approximate surface area is 141 Å². The van der Waals surface area contributed by atoms with Gasteiger partial charge < -0.3 is 14.4 Å². The summed E-state index contributed by atoms with van der Waals surface area (Å²) in [6.45, 7) is 5.76. The number of hydrogen-bond acceptors (Lipinski definition) is 6. The van der Waals surface area contributed by atoms with Gasteiger partial charge in [0.2, 0.25) is 5.91 Å². The number of carbonyl (C=O) groups excluding carboxylic acids is 2. The normalized spacial score (nSPS) is 12.3. The summed E-state index contributed by atoms with van der Waals surface area (Å²) in [7, 11) is 1.35. The lowest BCUT2D eigenvalue weighted by atomic mass is 10.1. The molecule has 0 aliphatic heterocycles. The third kappa shape index (κ3) is 7.38. The van der Waals surface area contributed by atoms with Gasteiger partial charge in [-0.15, -0.1) is 11.3 Å². The molecule has 0 aliphatic rings. The molecule has 0 spiro atoms. The highest BCUT2D eigenvalue weighted by Crippen LogP contribution is 2.07. The average molecular weight is 340 g/mol. The van der Waals surface area contributed by atoms with Gasteiger partial charge in [0.1, 0.15) is 0 Å². The molecule has 0 bridgehead atoms. The highest BCUT2D eigenvalue weighted by molar-refractivity contribution is 7.07. The van der Waals surface area contributed by atoms with Gasteiger partial charge >= 0.3 is 5.97 Å². The van der Waals surface area contributed by atoms with E-state index < -0.39 is 0 Å². The molecule has 0 aromatic carbocycles. The van der Waals surface area contributed by atoms with E-state index >= 15 is 0 Å². The van der Waals surface area contributed by atoms with Gasteiger partial charge in [0.05, 0.1) is 24.2 Å². The van der Waals surface area contributed by atoms with E-state index in [4.69, 9.17) is 9.47 Å². The quantitative estimate of drug-likeness (QED) is 0.371. The Morgan fingerprint density at radius 2 is 2.26 bits per heavy atom. The summed E-state index contributed by atoms with van der Waals surface area (Å²) < 4.78 is 10.0. The minimum Gasteiger partial charge on any atom is -0.469 e. The van der Waals surface area contributed by atoms with E-state index in [1.54, 1.807) is 23.4 Å². The summed E-state index contributed by atoms with van der Waals surface area (Å²) >= 11 is 1.47. The van der Waals surface area contributed by atoms with Gasteiger partial charge in [-0.3, -0.25) is 9.59 Å². The van der Waals surface area contributed by atoms with E-state index in [1.165, 1.54) is 24.5 Å². The molecule has 0 aliphatic carbocycles. The number of rotatable bonds is 10. The van der Waals surface area contributed by atoms with E-state index in [2.05, 4.69) is 4.98 Å². The lowest BCUT2D eigenvalue weighted by molar-refractivity contribution is -0.146. The molecular weight excluding hydrogens is 316 g/mol. The van der Waals surface area contributed by atoms with Crippen LogP contribution in [0.25, 0.3) is 6.08 Å². The molecule has 0 radical (unpaired) electrons. The number of ether oxygens (including phenoxy) is 2. The van der Waals surface area contributed by atoms with Crippen molar-refractivity contribution >= 4 is 29.3 Å². The van der Waals surface area contributed by atoms with E-state index in [-0.39, 0.29) is 17.8 Å². The summed E-state index contributed by atoms with van der Waals surface area (Å²) in [4.78, 5) is 29.7. The highest BCUT2D eigenvalue weighted by atomic mass is 32.1. The Kier molecular flexibility index (Phi) is 9.16. The summed E-state index contributed by atoms with van der Waals surface area (Å²) in [6, 6.07) is 0. The van der Waals surface area contributed by atoms with Crippen LogP contribution in [0.4, 0.5) is 0 Å². The molecule has 6 nitrogen and oxygen atoms in total. The highest BCUT2D eigenvalue weighted by Gasteiger charge is 2.20. The SMILES string of the molecule is CCOCCCN(C[C@H](C)C(=O)OC)C(=O)/C=C/c1cscn1. The maximum absolute atomic E-state index is 12.4. The van der Waals surface area contributed by atoms with E-state index in [9.17, 15) is 9.59 Å². The van der Waals surface area contributed by atoms with E-state index in [0.717, 1.165) is 12.1 Å². The van der Waals surface area contributed by atoms with E-state index in [1.807, 2.05) is 12.3 Å².